The Morgan fingerprint density at radius 2 is 1.90 bits per heavy atom. The fraction of sp³-hybridized carbons (Fsp3) is 0.143. The fourth-order valence-corrected chi connectivity index (χ4v) is 4.38. The summed E-state index contributed by atoms with van der Waals surface area (Å²) in [5.74, 6) is 1.48. The Morgan fingerprint density at radius 3 is 2.65 bits per heavy atom. The number of nitrogens with two attached hydrogens (primary N) is 1. The van der Waals surface area contributed by atoms with Crippen LogP contribution in [0.3, 0.4) is 0 Å². The monoisotopic (exact) mass is 309 g/mol. The van der Waals surface area contributed by atoms with E-state index in [1.54, 1.807) is 6.07 Å². The number of benzene rings is 2. The molecule has 20 heavy (non-hydrogen) atoms. The van der Waals surface area contributed by atoms with E-state index < -0.39 is 7.64 Å². The summed E-state index contributed by atoms with van der Waals surface area (Å²) in [5, 5.41) is 3.38. The fourth-order valence-electron chi connectivity index (χ4n) is 2.00. The van der Waals surface area contributed by atoms with Crippen molar-refractivity contribution in [3.05, 3.63) is 48.5 Å². The molecule has 0 spiro atoms. The summed E-state index contributed by atoms with van der Waals surface area (Å²) >= 11 is 6.11. The van der Waals surface area contributed by atoms with E-state index in [9.17, 15) is 0 Å². The molecule has 0 saturated carbocycles. The summed E-state index contributed by atoms with van der Waals surface area (Å²) < 4.78 is 11.8. The summed E-state index contributed by atoms with van der Waals surface area (Å²) in [4.78, 5) is 0. The van der Waals surface area contributed by atoms with Crippen LogP contribution < -0.4 is 20.1 Å². The molecule has 0 amide bonds. The average Bonchev–Trinajstić information content (AvgIpc) is 2.85. The molecule has 2 aromatic carbocycles. The molecule has 3 rings (SSSR count). The van der Waals surface area contributed by atoms with Gasteiger partial charge in [-0.25, -0.2) is 5.09 Å². The van der Waals surface area contributed by atoms with Gasteiger partial charge in [-0.2, -0.15) is 0 Å². The zero-order valence-electron chi connectivity index (χ0n) is 10.8. The third kappa shape index (κ3) is 2.49. The molecule has 2 aromatic rings. The van der Waals surface area contributed by atoms with Crippen LogP contribution in [0.1, 0.15) is 0 Å². The number of hydrogen-bond acceptors (Lipinski definition) is 4. The Hall–Kier alpha value is -1.64. The summed E-state index contributed by atoms with van der Waals surface area (Å²) in [6.45, 7) is 0. The first-order valence-corrected chi connectivity index (χ1v) is 8.81. The lowest BCUT2D eigenvalue weighted by Crippen LogP contribution is -2.15. The van der Waals surface area contributed by atoms with Gasteiger partial charge in [0.2, 0.25) is 5.75 Å². The molecule has 3 N–H and O–H groups in total. The van der Waals surface area contributed by atoms with Gasteiger partial charge in [-0.3, -0.25) is 0 Å². The molecule has 0 aliphatic carbocycles. The number of hydrogen-bond donors (Lipinski definition) is 2. The van der Waals surface area contributed by atoms with Gasteiger partial charge in [-0.05, 0) is 24.3 Å². The number of nitrogens with one attached hydrogen (secondary N) is 1. The van der Waals surface area contributed by atoms with Crippen LogP contribution in [-0.4, -0.2) is 12.0 Å². The van der Waals surface area contributed by atoms with Crippen molar-refractivity contribution in [3.63, 3.8) is 0 Å². The summed E-state index contributed by atoms with van der Waals surface area (Å²) in [6, 6.07) is 15.2. The first-order valence-electron chi connectivity index (χ1n) is 6.20. The third-order valence-corrected chi connectivity index (χ3v) is 6.31. The van der Waals surface area contributed by atoms with Gasteiger partial charge in [0.05, 0.1) is 5.69 Å². The zero-order chi connectivity index (χ0) is 14.0. The molecule has 1 aliphatic heterocycles. The van der Waals surface area contributed by atoms with Gasteiger partial charge < -0.3 is 15.0 Å². The second-order valence-corrected chi connectivity index (χ2v) is 7.92. The number of alkyl halides is 1. The van der Waals surface area contributed by atoms with Crippen molar-refractivity contribution in [2.75, 3.05) is 22.8 Å². The van der Waals surface area contributed by atoms with Crippen LogP contribution in [-0.2, 0) is 0 Å². The molecule has 0 fully saturated rings. The second-order valence-electron chi connectivity index (χ2n) is 4.52. The Morgan fingerprint density at radius 1 is 1.15 bits per heavy atom. The van der Waals surface area contributed by atoms with Crippen molar-refractivity contribution >= 4 is 30.6 Å². The van der Waals surface area contributed by atoms with Crippen LogP contribution in [0.15, 0.2) is 48.5 Å². The molecule has 6 heteroatoms. The van der Waals surface area contributed by atoms with Gasteiger partial charge >= 0.3 is 7.64 Å². The lowest BCUT2D eigenvalue weighted by Gasteiger charge is -2.18. The van der Waals surface area contributed by atoms with Crippen LogP contribution >= 0.6 is 19.2 Å². The van der Waals surface area contributed by atoms with Crippen molar-refractivity contribution < 1.29 is 9.26 Å². The van der Waals surface area contributed by atoms with E-state index in [1.807, 2.05) is 42.5 Å². The molecular weight excluding hydrogens is 295 g/mol. The minimum Gasteiger partial charge on any atom is -0.451 e. The van der Waals surface area contributed by atoms with Gasteiger partial charge in [0, 0.05) is 0 Å². The number of halogens is 1. The Kier molecular flexibility index (Phi) is 3.60. The summed E-state index contributed by atoms with van der Waals surface area (Å²) in [5.41, 5.74) is 7.81. The van der Waals surface area contributed by atoms with Crippen LogP contribution in [0.2, 0.25) is 0 Å². The lowest BCUT2D eigenvalue weighted by atomic mass is 10.3. The lowest BCUT2D eigenvalue weighted by molar-refractivity contribution is 0.376. The van der Waals surface area contributed by atoms with Gasteiger partial charge in [0.1, 0.15) is 11.4 Å². The molecule has 4 nitrogen and oxygen atoms in total. The van der Waals surface area contributed by atoms with E-state index >= 15 is 0 Å². The predicted octanol–water partition coefficient (Wildman–Crippen LogP) is 4.15. The quantitative estimate of drug-likeness (QED) is 0.506. The Balaban J connectivity index is 1.75. The predicted molar refractivity (Wildman–Crippen MR) is 84.7 cm³/mol. The van der Waals surface area contributed by atoms with Gasteiger partial charge in [0.25, 0.3) is 6.35 Å². The molecule has 104 valence electrons. The highest BCUT2D eigenvalue weighted by molar-refractivity contribution is 7.74. The van der Waals surface area contributed by atoms with E-state index in [2.05, 4.69) is 5.09 Å². The molecule has 0 aromatic heterocycles. The maximum atomic E-state index is 6.11. The number of para-hydroxylation sites is 4. The maximum Gasteiger partial charge on any atom is 0.333 e. The molecule has 1 unspecified atom stereocenters. The average molecular weight is 310 g/mol. The van der Waals surface area contributed by atoms with Gasteiger partial charge in [-0.15, -0.1) is 0 Å². The first kappa shape index (κ1) is 13.3. The molecule has 1 aliphatic rings. The Labute approximate surface area is 123 Å². The highest BCUT2D eigenvalue weighted by Gasteiger charge is 2.48. The summed E-state index contributed by atoms with van der Waals surface area (Å²) in [7, 11) is -2.06. The van der Waals surface area contributed by atoms with E-state index in [4.69, 9.17) is 26.6 Å². The number of anilines is 2. The smallest absolute Gasteiger partial charge is 0.333 e. The van der Waals surface area contributed by atoms with Crippen molar-refractivity contribution in [1.29, 1.82) is 0 Å². The van der Waals surface area contributed by atoms with E-state index in [-0.39, 0.29) is 0 Å². The normalized spacial score (nSPS) is 19.9. The molecule has 1 atom stereocenters. The number of rotatable bonds is 4. The van der Waals surface area contributed by atoms with Crippen molar-refractivity contribution in [2.24, 2.45) is 0 Å². The molecular formula is C14H15ClN2O2P+. The topological polar surface area (TPSA) is 56.5 Å². The van der Waals surface area contributed by atoms with Crippen LogP contribution in [0.4, 0.5) is 11.4 Å². The Bertz CT molecular complexity index is 599. The van der Waals surface area contributed by atoms with Crippen LogP contribution in [0, 0.1) is 0 Å². The molecule has 0 bridgehead atoms. The van der Waals surface area contributed by atoms with Crippen LogP contribution in [0.5, 0.6) is 11.5 Å². The van der Waals surface area contributed by atoms with Crippen molar-refractivity contribution in [1.82, 2.24) is 0 Å². The van der Waals surface area contributed by atoms with E-state index in [0.29, 0.717) is 23.4 Å². The molecule has 0 saturated heterocycles. The number of ether oxygens (including phenoxy) is 1. The second kappa shape index (κ2) is 5.39. The highest BCUT2D eigenvalue weighted by atomic mass is 35.5. The molecule has 1 heterocycles. The van der Waals surface area contributed by atoms with Crippen LogP contribution in [0.25, 0.3) is 0 Å². The minimum atomic E-state index is -2.06. The SMILES string of the molecule is Nc1ccccc1OC[P+]1(CCl)Nc2ccccc2O1. The van der Waals surface area contributed by atoms with E-state index in [0.717, 1.165) is 11.4 Å². The molecule has 0 radical (unpaired) electrons. The van der Waals surface area contributed by atoms with Gasteiger partial charge in [-0.1, -0.05) is 35.9 Å². The largest absolute Gasteiger partial charge is 0.451 e. The minimum absolute atomic E-state index is 0.369. The zero-order valence-corrected chi connectivity index (χ0v) is 12.4. The first-order chi connectivity index (χ1) is 9.72. The van der Waals surface area contributed by atoms with Crippen molar-refractivity contribution in [2.45, 2.75) is 0 Å². The van der Waals surface area contributed by atoms with Crippen molar-refractivity contribution in [3.8, 4) is 11.5 Å². The number of nitrogen functional groups attached to an aromatic ring is 1. The van der Waals surface area contributed by atoms with Gasteiger partial charge in [0.15, 0.2) is 5.62 Å². The third-order valence-electron chi connectivity index (χ3n) is 3.03. The highest BCUT2D eigenvalue weighted by Crippen LogP contribution is 2.65. The number of fused-ring (bicyclic) bond motifs is 1. The van der Waals surface area contributed by atoms with E-state index in [1.165, 1.54) is 0 Å². The standard InChI is InChI=1S/C14H15ClN2O2P/c15-9-20(10-18-13-7-3-1-5-11(13)16)17-12-6-2-4-8-14(12)19-20/h1-8,17H,9-10,16H2/q+1. The maximum absolute atomic E-state index is 6.11. The summed E-state index contributed by atoms with van der Waals surface area (Å²) in [6.07, 6.45) is 0.374.